The number of alkyl halides is 4. The van der Waals surface area contributed by atoms with Crippen molar-refractivity contribution in [3.05, 3.63) is 65.2 Å². The number of aryl methyl sites for hydroxylation is 1. The molecule has 28 heavy (non-hydrogen) atoms. The second-order valence-electron chi connectivity index (χ2n) is 5.75. The largest absolute Gasteiger partial charge is 0.401 e. The van der Waals surface area contributed by atoms with Gasteiger partial charge in [-0.05, 0) is 42.7 Å². The first-order valence-electron chi connectivity index (χ1n) is 7.94. The fourth-order valence-corrected chi connectivity index (χ4v) is 2.48. The average Bonchev–Trinajstić information content (AvgIpc) is 2.59. The van der Waals surface area contributed by atoms with Gasteiger partial charge in [0, 0.05) is 5.69 Å². The number of hydrogen-bond donors (Lipinski definition) is 2. The number of hydrogen-bond acceptors (Lipinski definition) is 2. The molecule has 2 N–H and O–H groups in total. The van der Waals surface area contributed by atoms with E-state index in [1.165, 1.54) is 24.3 Å². The number of anilines is 1. The van der Waals surface area contributed by atoms with Crippen LogP contribution in [0.1, 0.15) is 22.3 Å². The van der Waals surface area contributed by atoms with Crippen molar-refractivity contribution in [1.82, 2.24) is 5.32 Å². The fraction of sp³-hybridized carbons (Fsp3) is 0.222. The lowest BCUT2D eigenvalue weighted by atomic mass is 10.1. The molecule has 10 heteroatoms. The molecule has 0 spiro atoms. The summed E-state index contributed by atoms with van der Waals surface area (Å²) in [5.74, 6) is -3.47. The van der Waals surface area contributed by atoms with E-state index in [1.54, 1.807) is 5.32 Å². The summed E-state index contributed by atoms with van der Waals surface area (Å²) in [6.07, 6.45) is -4.32. The van der Waals surface area contributed by atoms with Gasteiger partial charge < -0.3 is 5.32 Å². The van der Waals surface area contributed by atoms with Crippen molar-refractivity contribution in [3.63, 3.8) is 0 Å². The molecule has 0 fully saturated rings. The normalized spacial score (nSPS) is 12.4. The maximum absolute atomic E-state index is 13.5. The maximum Gasteiger partial charge on any atom is 0.401 e. The van der Waals surface area contributed by atoms with Gasteiger partial charge in [-0.1, -0.05) is 34.1 Å². The lowest BCUT2D eigenvalue weighted by molar-refractivity contribution is -0.128. The molecule has 0 aromatic heterocycles. The summed E-state index contributed by atoms with van der Waals surface area (Å²) in [6, 6.07) is 7.72. The van der Waals surface area contributed by atoms with Gasteiger partial charge in [-0.15, -0.1) is 0 Å². The van der Waals surface area contributed by atoms with Crippen LogP contribution in [0.4, 0.5) is 32.4 Å². The maximum atomic E-state index is 13.5. The van der Waals surface area contributed by atoms with Crippen molar-refractivity contribution >= 4 is 33.6 Å². The number of benzene rings is 2. The third-order valence-corrected chi connectivity index (χ3v) is 4.65. The van der Waals surface area contributed by atoms with Gasteiger partial charge in [-0.2, -0.15) is 13.2 Å². The van der Waals surface area contributed by atoms with Crippen molar-refractivity contribution in [2.75, 3.05) is 5.32 Å². The first-order valence-corrected chi connectivity index (χ1v) is 8.85. The Hall–Kier alpha value is -2.49. The number of imide groups is 1. The standard InChI is InChI=1S/C18H14BrF5N2O2/c19-14(18(22,23)24)9-6-10-4-7-11(8-5-10)25-17(28)26-16(27)15-12(20)2-1-3-13(15)21/h1-5,7-8,14H,6,9H2,(H2,25,26,27,28). The molecule has 1 unspecified atom stereocenters. The van der Waals surface area contributed by atoms with Crippen LogP contribution >= 0.6 is 15.9 Å². The molecule has 0 heterocycles. The molecular weight excluding hydrogens is 451 g/mol. The average molecular weight is 465 g/mol. The molecule has 0 aliphatic heterocycles. The Morgan fingerprint density at radius 3 is 2.11 bits per heavy atom. The Balaban J connectivity index is 1.91. The zero-order valence-electron chi connectivity index (χ0n) is 14.1. The molecule has 0 saturated carbocycles. The lowest BCUT2D eigenvalue weighted by Crippen LogP contribution is -2.35. The van der Waals surface area contributed by atoms with E-state index in [0.29, 0.717) is 5.56 Å². The molecule has 0 bridgehead atoms. The molecule has 2 rings (SSSR count). The summed E-state index contributed by atoms with van der Waals surface area (Å²) in [7, 11) is 0. The summed E-state index contributed by atoms with van der Waals surface area (Å²) >= 11 is 2.58. The Morgan fingerprint density at radius 2 is 1.57 bits per heavy atom. The number of nitrogens with one attached hydrogen (secondary N) is 2. The SMILES string of the molecule is O=C(NC(=O)c1c(F)cccc1F)Nc1ccc(CCC(Br)C(F)(F)F)cc1. The molecule has 3 amide bonds. The van der Waals surface area contributed by atoms with Gasteiger partial charge in [0.25, 0.3) is 5.91 Å². The van der Waals surface area contributed by atoms with Gasteiger partial charge in [-0.25, -0.2) is 13.6 Å². The van der Waals surface area contributed by atoms with Crippen molar-refractivity contribution in [2.24, 2.45) is 0 Å². The van der Waals surface area contributed by atoms with Crippen LogP contribution in [0.25, 0.3) is 0 Å². The smallest absolute Gasteiger partial charge is 0.308 e. The van der Waals surface area contributed by atoms with E-state index >= 15 is 0 Å². The molecule has 2 aromatic rings. The quantitative estimate of drug-likeness (QED) is 0.472. The molecule has 150 valence electrons. The molecule has 1 atom stereocenters. The van der Waals surface area contributed by atoms with Crippen LogP contribution in [-0.4, -0.2) is 22.9 Å². The summed E-state index contributed by atoms with van der Waals surface area (Å²) < 4.78 is 64.4. The van der Waals surface area contributed by atoms with Gasteiger partial charge in [0.2, 0.25) is 0 Å². The van der Waals surface area contributed by atoms with E-state index < -0.39 is 40.1 Å². The first kappa shape index (κ1) is 21.8. The third-order valence-electron chi connectivity index (χ3n) is 3.67. The van der Waals surface area contributed by atoms with Crippen LogP contribution < -0.4 is 10.6 Å². The van der Waals surface area contributed by atoms with Crippen molar-refractivity contribution in [3.8, 4) is 0 Å². The minimum atomic E-state index is -4.33. The summed E-state index contributed by atoms with van der Waals surface area (Å²) in [5.41, 5.74) is -0.0274. The summed E-state index contributed by atoms with van der Waals surface area (Å²) in [4.78, 5) is 22.0. The highest BCUT2D eigenvalue weighted by Crippen LogP contribution is 2.29. The Morgan fingerprint density at radius 1 is 1.00 bits per heavy atom. The van der Waals surface area contributed by atoms with E-state index in [9.17, 15) is 31.5 Å². The number of carbonyl (C=O) groups is 2. The minimum absolute atomic E-state index is 0.153. The van der Waals surface area contributed by atoms with E-state index in [0.717, 1.165) is 18.2 Å². The second kappa shape index (κ2) is 9.13. The summed E-state index contributed by atoms with van der Waals surface area (Å²) in [6.45, 7) is 0. The molecular formula is C18H14BrF5N2O2. The van der Waals surface area contributed by atoms with E-state index in [4.69, 9.17) is 0 Å². The molecule has 0 aliphatic carbocycles. The van der Waals surface area contributed by atoms with Crippen molar-refractivity contribution in [2.45, 2.75) is 23.8 Å². The highest BCUT2D eigenvalue weighted by atomic mass is 79.9. The number of halogens is 6. The number of amides is 3. The van der Waals surface area contributed by atoms with Crippen LogP contribution in [0.5, 0.6) is 0 Å². The second-order valence-corrected chi connectivity index (χ2v) is 6.85. The van der Waals surface area contributed by atoms with Crippen LogP contribution in [0.15, 0.2) is 42.5 Å². The molecule has 2 aromatic carbocycles. The minimum Gasteiger partial charge on any atom is -0.308 e. The topological polar surface area (TPSA) is 58.2 Å². The number of rotatable bonds is 5. The summed E-state index contributed by atoms with van der Waals surface area (Å²) in [5, 5.41) is 4.09. The zero-order chi connectivity index (χ0) is 20.9. The van der Waals surface area contributed by atoms with Crippen LogP contribution in [0.2, 0.25) is 0 Å². The van der Waals surface area contributed by atoms with Crippen molar-refractivity contribution in [1.29, 1.82) is 0 Å². The molecule has 0 radical (unpaired) electrons. The highest BCUT2D eigenvalue weighted by molar-refractivity contribution is 9.09. The Labute approximate surface area is 165 Å². The van der Waals surface area contributed by atoms with Crippen molar-refractivity contribution < 1.29 is 31.5 Å². The number of carbonyl (C=O) groups excluding carboxylic acids is 2. The van der Waals surface area contributed by atoms with Gasteiger partial charge >= 0.3 is 12.2 Å². The van der Waals surface area contributed by atoms with E-state index in [-0.39, 0.29) is 18.5 Å². The predicted octanol–water partition coefficient (Wildman–Crippen LogP) is 5.19. The van der Waals surface area contributed by atoms with Crippen LogP contribution in [-0.2, 0) is 6.42 Å². The molecule has 0 aliphatic rings. The predicted molar refractivity (Wildman–Crippen MR) is 96.4 cm³/mol. The highest BCUT2D eigenvalue weighted by Gasteiger charge is 2.36. The third kappa shape index (κ3) is 6.01. The number of urea groups is 1. The Bertz CT molecular complexity index is 836. The fourth-order valence-electron chi connectivity index (χ4n) is 2.25. The Kier molecular flexibility index (Phi) is 7.11. The monoisotopic (exact) mass is 464 g/mol. The van der Waals surface area contributed by atoms with Gasteiger partial charge in [0.1, 0.15) is 22.0 Å². The molecule has 4 nitrogen and oxygen atoms in total. The van der Waals surface area contributed by atoms with Gasteiger partial charge in [0.15, 0.2) is 0 Å². The van der Waals surface area contributed by atoms with Gasteiger partial charge in [0.05, 0.1) is 0 Å². The van der Waals surface area contributed by atoms with Crippen LogP contribution in [0, 0.1) is 11.6 Å². The van der Waals surface area contributed by atoms with E-state index in [2.05, 4.69) is 21.2 Å². The van der Waals surface area contributed by atoms with Gasteiger partial charge in [-0.3, -0.25) is 10.1 Å². The lowest BCUT2D eigenvalue weighted by Gasteiger charge is -2.13. The van der Waals surface area contributed by atoms with E-state index in [1.807, 2.05) is 0 Å². The zero-order valence-corrected chi connectivity index (χ0v) is 15.7. The van der Waals surface area contributed by atoms with Crippen LogP contribution in [0.3, 0.4) is 0 Å². The first-order chi connectivity index (χ1) is 13.1. The molecule has 0 saturated heterocycles.